The molecule has 1 aromatic rings. The van der Waals surface area contributed by atoms with Gasteiger partial charge in [0.1, 0.15) is 12.4 Å². The van der Waals surface area contributed by atoms with E-state index in [0.717, 1.165) is 48.9 Å². The lowest BCUT2D eigenvalue weighted by atomic mass is 9.95. The quantitative estimate of drug-likeness (QED) is 0.248. The maximum absolute atomic E-state index is 12.1. The van der Waals surface area contributed by atoms with Gasteiger partial charge in [0.25, 0.3) is 0 Å². The van der Waals surface area contributed by atoms with Crippen LogP contribution in [0.3, 0.4) is 0 Å². The number of halogens is 1. The molecule has 1 aliphatic carbocycles. The third-order valence-corrected chi connectivity index (χ3v) is 6.59. The first-order chi connectivity index (χ1) is 13.2. The van der Waals surface area contributed by atoms with Crippen LogP contribution in [-0.4, -0.2) is 54.2 Å². The van der Waals surface area contributed by atoms with E-state index < -0.39 is 10.8 Å². The van der Waals surface area contributed by atoms with Gasteiger partial charge in [0.05, 0.1) is 6.54 Å². The predicted molar refractivity (Wildman–Crippen MR) is 123 cm³/mol. The molecule has 2 aliphatic rings. The van der Waals surface area contributed by atoms with Gasteiger partial charge in [0.15, 0.2) is 17.5 Å². The predicted octanol–water partition coefficient (Wildman–Crippen LogP) is 2.66. The van der Waals surface area contributed by atoms with Gasteiger partial charge < -0.3 is 24.8 Å². The van der Waals surface area contributed by atoms with Crippen LogP contribution in [0.5, 0.6) is 17.2 Å². The molecule has 0 saturated heterocycles. The fraction of sp³-hybridized carbons (Fsp3) is 0.632. The molecule has 0 amide bonds. The second kappa shape index (κ2) is 11.7. The van der Waals surface area contributed by atoms with Crippen molar-refractivity contribution in [1.29, 1.82) is 0 Å². The first-order valence-electron chi connectivity index (χ1n) is 9.56. The van der Waals surface area contributed by atoms with Crippen molar-refractivity contribution in [3.8, 4) is 17.2 Å². The maximum Gasteiger partial charge on any atom is 0.231 e. The first-order valence-corrected chi connectivity index (χ1v) is 10.9. The van der Waals surface area contributed by atoms with E-state index in [1.54, 1.807) is 7.05 Å². The molecule has 9 heteroatoms. The van der Waals surface area contributed by atoms with Gasteiger partial charge in [-0.2, -0.15) is 0 Å². The highest BCUT2D eigenvalue weighted by Gasteiger charge is 2.26. The Morgan fingerprint density at radius 1 is 1.32 bits per heavy atom. The molecule has 1 heterocycles. The van der Waals surface area contributed by atoms with Crippen molar-refractivity contribution in [2.45, 2.75) is 43.9 Å². The summed E-state index contributed by atoms with van der Waals surface area (Å²) in [7, 11) is 1.04. The highest BCUT2D eigenvalue weighted by Crippen LogP contribution is 2.35. The summed E-state index contributed by atoms with van der Waals surface area (Å²) in [5.74, 6) is 3.72. The highest BCUT2D eigenvalue weighted by molar-refractivity contribution is 14.0. The summed E-state index contributed by atoms with van der Waals surface area (Å²) in [5, 5.41) is 7.04. The van der Waals surface area contributed by atoms with Crippen molar-refractivity contribution >= 4 is 40.7 Å². The van der Waals surface area contributed by atoms with Gasteiger partial charge in [0, 0.05) is 41.0 Å². The van der Waals surface area contributed by atoms with E-state index in [1.807, 2.05) is 25.1 Å². The van der Waals surface area contributed by atoms with E-state index >= 15 is 0 Å². The molecule has 3 unspecified atom stereocenters. The Balaban J connectivity index is 0.00000280. The number of benzene rings is 1. The molecule has 1 fully saturated rings. The summed E-state index contributed by atoms with van der Waals surface area (Å²) in [4.78, 5) is 4.29. The van der Waals surface area contributed by atoms with E-state index in [0.29, 0.717) is 30.2 Å². The van der Waals surface area contributed by atoms with Gasteiger partial charge in [0.2, 0.25) is 6.79 Å². The first kappa shape index (κ1) is 23.1. The van der Waals surface area contributed by atoms with Crippen molar-refractivity contribution in [3.63, 3.8) is 0 Å². The largest absolute Gasteiger partial charge is 0.492 e. The average molecular weight is 523 g/mol. The van der Waals surface area contributed by atoms with Gasteiger partial charge >= 0.3 is 0 Å². The zero-order chi connectivity index (χ0) is 19.1. The van der Waals surface area contributed by atoms with Crippen LogP contribution in [0.1, 0.15) is 32.6 Å². The lowest BCUT2D eigenvalue weighted by molar-refractivity contribution is 0.173. The second-order valence-corrected chi connectivity index (χ2v) is 8.67. The molecule has 1 saturated carbocycles. The molecule has 0 aromatic heterocycles. The van der Waals surface area contributed by atoms with Crippen LogP contribution in [-0.2, 0) is 10.8 Å². The number of fused-ring (bicyclic) bond motifs is 1. The molecule has 28 heavy (non-hydrogen) atoms. The molecule has 1 aliphatic heterocycles. The Morgan fingerprint density at radius 3 is 2.93 bits per heavy atom. The Hall–Kier alpha value is -1.23. The number of guanidine groups is 1. The van der Waals surface area contributed by atoms with Crippen LogP contribution in [0, 0.1) is 0 Å². The monoisotopic (exact) mass is 523 g/mol. The van der Waals surface area contributed by atoms with E-state index in [4.69, 9.17) is 14.2 Å². The summed E-state index contributed by atoms with van der Waals surface area (Å²) < 4.78 is 28.5. The third kappa shape index (κ3) is 6.40. The molecule has 3 rings (SSSR count). The number of hydrogen-bond acceptors (Lipinski definition) is 5. The third-order valence-electron chi connectivity index (χ3n) is 4.85. The molecular weight excluding hydrogens is 493 g/mol. The lowest BCUT2D eigenvalue weighted by Crippen LogP contribution is -2.47. The zero-order valence-corrected chi connectivity index (χ0v) is 19.6. The summed E-state index contributed by atoms with van der Waals surface area (Å²) in [6.45, 7) is 3.39. The van der Waals surface area contributed by atoms with Gasteiger partial charge in [-0.3, -0.25) is 9.20 Å². The number of hydrogen-bond donors (Lipinski definition) is 2. The van der Waals surface area contributed by atoms with Crippen molar-refractivity contribution < 1.29 is 18.4 Å². The second-order valence-electron chi connectivity index (χ2n) is 6.66. The molecular formula is C19H30IN3O4S. The Bertz CT molecular complexity index is 689. The van der Waals surface area contributed by atoms with Crippen molar-refractivity contribution in [2.24, 2.45) is 4.99 Å². The molecule has 2 N–H and O–H groups in total. The number of nitrogens with zero attached hydrogens (tertiary/aromatic N) is 1. The molecule has 0 bridgehead atoms. The molecule has 0 radical (unpaired) electrons. The van der Waals surface area contributed by atoms with E-state index in [9.17, 15) is 4.21 Å². The minimum absolute atomic E-state index is 0. The van der Waals surface area contributed by atoms with Crippen molar-refractivity contribution in [2.75, 3.05) is 32.7 Å². The van der Waals surface area contributed by atoms with Gasteiger partial charge in [-0.25, -0.2) is 0 Å². The van der Waals surface area contributed by atoms with Gasteiger partial charge in [-0.1, -0.05) is 13.3 Å². The van der Waals surface area contributed by atoms with Gasteiger partial charge in [-0.15, -0.1) is 24.0 Å². The zero-order valence-electron chi connectivity index (χ0n) is 16.4. The van der Waals surface area contributed by atoms with Crippen molar-refractivity contribution in [3.05, 3.63) is 18.2 Å². The van der Waals surface area contributed by atoms with Crippen LogP contribution in [0.25, 0.3) is 0 Å². The van der Waals surface area contributed by atoms with Crippen LogP contribution in [0.4, 0.5) is 0 Å². The Morgan fingerprint density at radius 2 is 2.14 bits per heavy atom. The topological polar surface area (TPSA) is 81.2 Å². The minimum Gasteiger partial charge on any atom is -0.492 e. The number of nitrogens with one attached hydrogen (secondary N) is 2. The average Bonchev–Trinajstić information content (AvgIpc) is 3.17. The maximum atomic E-state index is 12.1. The molecule has 1 aromatic carbocycles. The van der Waals surface area contributed by atoms with Crippen LogP contribution >= 0.6 is 24.0 Å². The number of rotatable bonds is 7. The Labute approximate surface area is 186 Å². The molecule has 158 valence electrons. The minimum atomic E-state index is -0.718. The molecule has 3 atom stereocenters. The standard InChI is InChI=1S/C19H29N3O4S.HI/c1-3-27(23)16-6-4-5-14(11-16)22-19(20-2)21-9-10-24-15-7-8-17-18(12-15)26-13-25-17;/h7-8,12,14,16H,3-6,9-11,13H2,1-2H3,(H2,20,21,22);1H. The number of ether oxygens (including phenoxy) is 3. The molecule has 0 spiro atoms. The van der Waals surface area contributed by atoms with E-state index in [-0.39, 0.29) is 30.8 Å². The normalized spacial score (nSPS) is 22.1. The SMILES string of the molecule is CCS(=O)C1CCCC(NC(=NC)NCCOc2ccc3c(c2)OCO3)C1.I. The number of aliphatic imine (C=N–C) groups is 1. The van der Waals surface area contributed by atoms with Crippen molar-refractivity contribution in [1.82, 2.24) is 10.6 Å². The van der Waals surface area contributed by atoms with Crippen LogP contribution < -0.4 is 24.8 Å². The lowest BCUT2D eigenvalue weighted by Gasteiger charge is -2.30. The van der Waals surface area contributed by atoms with E-state index in [2.05, 4.69) is 15.6 Å². The summed E-state index contributed by atoms with van der Waals surface area (Å²) >= 11 is 0. The smallest absolute Gasteiger partial charge is 0.231 e. The summed E-state index contributed by atoms with van der Waals surface area (Å²) in [6, 6.07) is 5.88. The fourth-order valence-corrected chi connectivity index (χ4v) is 4.79. The van der Waals surface area contributed by atoms with Crippen LogP contribution in [0.15, 0.2) is 23.2 Å². The van der Waals surface area contributed by atoms with E-state index in [1.165, 1.54) is 0 Å². The fourth-order valence-electron chi connectivity index (χ4n) is 3.44. The van der Waals surface area contributed by atoms with Crippen LogP contribution in [0.2, 0.25) is 0 Å². The van der Waals surface area contributed by atoms with Gasteiger partial charge in [-0.05, 0) is 31.4 Å². The summed E-state index contributed by atoms with van der Waals surface area (Å²) in [5.41, 5.74) is 0. The highest BCUT2D eigenvalue weighted by atomic mass is 127. The molecule has 7 nitrogen and oxygen atoms in total. The Kier molecular flexibility index (Phi) is 9.63. The summed E-state index contributed by atoms with van der Waals surface area (Å²) in [6.07, 6.45) is 4.20.